The molecule has 2 heterocycles. The van der Waals surface area contributed by atoms with Crippen LogP contribution in [0.5, 0.6) is 5.75 Å². The van der Waals surface area contributed by atoms with Crippen molar-refractivity contribution in [1.82, 2.24) is 19.9 Å². The van der Waals surface area contributed by atoms with E-state index < -0.39 is 29.7 Å². The third-order valence-electron chi connectivity index (χ3n) is 12.8. The normalized spacial score (nSPS) is 15.8. The van der Waals surface area contributed by atoms with Crippen molar-refractivity contribution in [2.45, 2.75) is 82.7 Å². The maximum absolute atomic E-state index is 13.4. The topological polar surface area (TPSA) is 156 Å². The molecular formula is C49H65N5O6SSi. The largest absolute Gasteiger partial charge is 0.487 e. The molecule has 1 aromatic heterocycles. The van der Waals surface area contributed by atoms with Gasteiger partial charge in [0.25, 0.3) is 0 Å². The Balaban J connectivity index is 0.996. The number of likely N-dealkylation sites (tertiary alicyclic amines) is 1. The van der Waals surface area contributed by atoms with Gasteiger partial charge in [0, 0.05) is 37.6 Å². The van der Waals surface area contributed by atoms with E-state index in [1.165, 1.54) is 0 Å². The third-order valence-corrected chi connectivity index (χ3v) is 18.7. The van der Waals surface area contributed by atoms with Gasteiger partial charge < -0.3 is 30.1 Å². The predicted octanol–water partition coefficient (Wildman–Crippen LogP) is 7.64. The molecule has 5 N–H and O–H groups in total. The highest BCUT2D eigenvalue weighted by Crippen LogP contribution is 2.44. The average molecular weight is 880 g/mol. The van der Waals surface area contributed by atoms with E-state index in [-0.39, 0.29) is 28.4 Å². The molecule has 4 aromatic carbocycles. The number of nitrogens with zero attached hydrogens (tertiary/aromatic N) is 1. The van der Waals surface area contributed by atoms with E-state index in [4.69, 9.17) is 14.9 Å². The highest BCUT2D eigenvalue weighted by molar-refractivity contribution is 7.89. The molecule has 1 saturated heterocycles. The van der Waals surface area contributed by atoms with Crippen LogP contribution >= 0.6 is 0 Å². The number of nitrogens with one attached hydrogen (secondary N) is 3. The van der Waals surface area contributed by atoms with E-state index in [2.05, 4.69) is 59.9 Å². The Morgan fingerprint density at radius 3 is 2.13 bits per heavy atom. The second kappa shape index (κ2) is 20.7. The van der Waals surface area contributed by atoms with Crippen LogP contribution in [0.2, 0.25) is 18.1 Å². The number of carbonyl (C=O) groups is 1. The molecule has 62 heavy (non-hydrogen) atoms. The zero-order valence-electron chi connectivity index (χ0n) is 37.0. The number of hydrogen-bond donors (Lipinski definition) is 4. The van der Waals surface area contributed by atoms with E-state index in [9.17, 15) is 18.0 Å². The van der Waals surface area contributed by atoms with Crippen molar-refractivity contribution < 1.29 is 22.4 Å². The van der Waals surface area contributed by atoms with Crippen LogP contribution in [-0.4, -0.2) is 77.5 Å². The summed E-state index contributed by atoms with van der Waals surface area (Å²) >= 11 is 0. The van der Waals surface area contributed by atoms with Crippen molar-refractivity contribution in [3.05, 3.63) is 148 Å². The minimum Gasteiger partial charge on any atom is -0.487 e. The Labute approximate surface area is 369 Å². The fraction of sp³-hybridized carbons (Fsp3) is 0.429. The van der Waals surface area contributed by atoms with Gasteiger partial charge in [0.2, 0.25) is 21.5 Å². The van der Waals surface area contributed by atoms with Crippen LogP contribution in [0, 0.1) is 5.92 Å². The number of carbonyl (C=O) groups excluding carboxylic acids is 1. The van der Waals surface area contributed by atoms with Crippen molar-refractivity contribution in [1.29, 1.82) is 0 Å². The van der Waals surface area contributed by atoms with Crippen LogP contribution in [0.15, 0.2) is 120 Å². The molecule has 0 saturated carbocycles. The number of H-pyrrole nitrogens is 1. The van der Waals surface area contributed by atoms with E-state index in [1.807, 2.05) is 103 Å². The number of hydrogen-bond acceptors (Lipinski definition) is 8. The van der Waals surface area contributed by atoms with Crippen LogP contribution in [0.1, 0.15) is 74.8 Å². The molecule has 0 bridgehead atoms. The Kier molecular flexibility index (Phi) is 15.6. The lowest BCUT2D eigenvalue weighted by Gasteiger charge is -2.39. The van der Waals surface area contributed by atoms with Gasteiger partial charge in [-0.1, -0.05) is 124 Å². The Bertz CT molecular complexity index is 2350. The summed E-state index contributed by atoms with van der Waals surface area (Å²) in [7, 11) is -5.71. The molecule has 0 aliphatic carbocycles. The number of fused-ring (bicyclic) bond motifs is 1. The number of aromatic nitrogens is 1. The monoisotopic (exact) mass is 879 g/mol. The Morgan fingerprint density at radius 1 is 0.871 bits per heavy atom. The molecule has 0 unspecified atom stereocenters. The molecule has 332 valence electrons. The first-order valence-corrected chi connectivity index (χ1v) is 26.5. The lowest BCUT2D eigenvalue weighted by atomic mass is 9.64. The number of unbranched alkanes of at least 4 members (excludes halogenated alkanes) is 2. The molecule has 2 atom stereocenters. The van der Waals surface area contributed by atoms with Crippen molar-refractivity contribution in [2.24, 2.45) is 11.7 Å². The second-order valence-electron chi connectivity index (χ2n) is 18.1. The van der Waals surface area contributed by atoms with Crippen molar-refractivity contribution >= 4 is 35.2 Å². The fourth-order valence-electron chi connectivity index (χ4n) is 8.38. The molecule has 1 aliphatic heterocycles. The molecule has 6 rings (SSSR count). The Hall–Kier alpha value is -4.63. The molecule has 5 aromatic rings. The molecule has 1 fully saturated rings. The fourth-order valence-corrected chi connectivity index (χ4v) is 10.8. The minimum atomic E-state index is -3.50. The maximum Gasteiger partial charge on any atom is 0.248 e. The SMILES string of the molecule is CC(C)(C)[Si](C)(C)O[C@H](CNCCCCCNS(=O)(=O)CCN1CC[C@@H](C(C(N)=O)(c2ccccc2)c2ccccc2)C1)c1ccc(OCc2ccccc2)c2[nH]c(=O)ccc12. The van der Waals surface area contributed by atoms with E-state index in [0.29, 0.717) is 57.0 Å². The van der Waals surface area contributed by atoms with E-state index >= 15 is 0 Å². The number of amides is 1. The lowest BCUT2D eigenvalue weighted by Crippen LogP contribution is -2.49. The predicted molar refractivity (Wildman–Crippen MR) is 252 cm³/mol. The van der Waals surface area contributed by atoms with Gasteiger partial charge in [0.05, 0.1) is 17.4 Å². The summed E-state index contributed by atoms with van der Waals surface area (Å²) < 4.78 is 42.3. The van der Waals surface area contributed by atoms with Crippen LogP contribution in [0.4, 0.5) is 0 Å². The molecule has 13 heteroatoms. The first kappa shape index (κ1) is 46.9. The third kappa shape index (κ3) is 11.5. The number of ether oxygens (including phenoxy) is 1. The van der Waals surface area contributed by atoms with Gasteiger partial charge in [-0.15, -0.1) is 0 Å². The Morgan fingerprint density at radius 2 is 1.50 bits per heavy atom. The standard InChI is InChI=1S/C49H65N5O6SSi/c1-48(2,3)62(4,5)60-44(41-24-26-43(46-42(41)25-27-45(55)53-46)59-36-37-18-10-6-11-19-37)34-51-29-16-9-17-30-52-61(57,58)33-32-54-31-28-40(35-54)49(47(50)56,38-20-12-7-13-21-38)39-22-14-8-15-23-39/h6-8,10-15,18-27,40,44,51-52H,9,16-17,28-36H2,1-5H3,(H2,50,56)(H,53,55)/t40-,44-/m1/s1. The summed E-state index contributed by atoms with van der Waals surface area (Å²) in [6.07, 6.45) is 2.89. The number of rotatable bonds is 22. The first-order valence-electron chi connectivity index (χ1n) is 21.9. The van der Waals surface area contributed by atoms with Gasteiger partial charge in [-0.2, -0.15) is 0 Å². The molecule has 1 aliphatic rings. The summed E-state index contributed by atoms with van der Waals surface area (Å²) in [5.41, 5.74) is 9.43. The average Bonchev–Trinajstić information content (AvgIpc) is 3.72. The van der Waals surface area contributed by atoms with Crippen molar-refractivity contribution in [3.8, 4) is 5.75 Å². The van der Waals surface area contributed by atoms with Gasteiger partial charge in [-0.05, 0) is 90.8 Å². The number of nitrogens with two attached hydrogens (primary N) is 1. The maximum atomic E-state index is 13.4. The molecule has 11 nitrogen and oxygen atoms in total. The first-order chi connectivity index (χ1) is 29.6. The van der Waals surface area contributed by atoms with Crippen LogP contribution in [-0.2, 0) is 31.3 Å². The van der Waals surface area contributed by atoms with Crippen molar-refractivity contribution in [2.75, 3.05) is 45.0 Å². The van der Waals surface area contributed by atoms with E-state index in [1.54, 1.807) is 6.07 Å². The quantitative estimate of drug-likeness (QED) is 0.0409. The molecule has 1 amide bonds. The molecule has 0 spiro atoms. The molecule has 0 radical (unpaired) electrons. The van der Waals surface area contributed by atoms with E-state index in [0.717, 1.165) is 53.4 Å². The number of sulfonamides is 1. The minimum absolute atomic E-state index is 0.0140. The summed E-state index contributed by atoms with van der Waals surface area (Å²) in [6, 6.07) is 36.7. The zero-order valence-corrected chi connectivity index (χ0v) is 38.8. The lowest BCUT2D eigenvalue weighted by molar-refractivity contribution is -0.123. The molecular weight excluding hydrogens is 815 g/mol. The highest BCUT2D eigenvalue weighted by Gasteiger charge is 2.49. The van der Waals surface area contributed by atoms with Gasteiger partial charge in [0.15, 0.2) is 8.32 Å². The van der Waals surface area contributed by atoms with Crippen molar-refractivity contribution in [3.63, 3.8) is 0 Å². The van der Waals surface area contributed by atoms with Crippen LogP contribution in [0.3, 0.4) is 0 Å². The summed E-state index contributed by atoms with van der Waals surface area (Å²) in [5.74, 6) is 0.102. The van der Waals surface area contributed by atoms with Gasteiger partial charge in [-0.3, -0.25) is 9.59 Å². The smallest absolute Gasteiger partial charge is 0.248 e. The van der Waals surface area contributed by atoms with Gasteiger partial charge in [0.1, 0.15) is 17.8 Å². The number of pyridine rings is 1. The summed E-state index contributed by atoms with van der Waals surface area (Å²) in [4.78, 5) is 31.1. The number of primary amides is 1. The number of benzene rings is 4. The van der Waals surface area contributed by atoms with Gasteiger partial charge in [-0.25, -0.2) is 13.1 Å². The van der Waals surface area contributed by atoms with Crippen LogP contribution in [0.25, 0.3) is 10.9 Å². The summed E-state index contributed by atoms with van der Waals surface area (Å²) in [6.45, 7) is 14.9. The second-order valence-corrected chi connectivity index (χ2v) is 24.8. The van der Waals surface area contributed by atoms with Gasteiger partial charge >= 0.3 is 0 Å². The highest BCUT2D eigenvalue weighted by atomic mass is 32.2. The summed E-state index contributed by atoms with van der Waals surface area (Å²) in [5, 5.41) is 4.49. The zero-order chi connectivity index (χ0) is 44.4. The van der Waals surface area contributed by atoms with Crippen LogP contribution < -0.4 is 26.1 Å². The number of aromatic amines is 1.